The molecule has 2 aromatic carbocycles. The summed E-state index contributed by atoms with van der Waals surface area (Å²) in [5.74, 6) is -1.35. The highest BCUT2D eigenvalue weighted by Gasteiger charge is 2.36. The van der Waals surface area contributed by atoms with Crippen molar-refractivity contribution in [3.8, 4) is 11.1 Å². The van der Waals surface area contributed by atoms with Crippen LogP contribution in [0.15, 0.2) is 42.5 Å². The van der Waals surface area contributed by atoms with E-state index >= 15 is 0 Å². The molecule has 2 heterocycles. The molecule has 1 aliphatic carbocycles. The van der Waals surface area contributed by atoms with Crippen LogP contribution in [0.25, 0.3) is 22.0 Å². The molecule has 1 saturated heterocycles. The van der Waals surface area contributed by atoms with E-state index in [-0.39, 0.29) is 48.6 Å². The van der Waals surface area contributed by atoms with Crippen LogP contribution in [0.5, 0.6) is 0 Å². The zero-order chi connectivity index (χ0) is 22.5. The number of aromatic nitrogens is 2. The molecule has 9 heteroatoms. The third-order valence-electron chi connectivity index (χ3n) is 5.62. The second kappa shape index (κ2) is 7.58. The van der Waals surface area contributed by atoms with Crippen molar-refractivity contribution in [1.29, 1.82) is 0 Å². The molecule has 1 N–H and O–H groups in total. The summed E-state index contributed by atoms with van der Waals surface area (Å²) in [4.78, 5) is 32.6. The summed E-state index contributed by atoms with van der Waals surface area (Å²) in [6, 6.07) is 12.6. The van der Waals surface area contributed by atoms with Crippen molar-refractivity contribution < 1.29 is 22.8 Å². The molecular formula is C23H19F3N4O2. The highest BCUT2D eigenvalue weighted by molar-refractivity contribution is 6.01. The number of benzene rings is 2. The fourth-order valence-corrected chi connectivity index (χ4v) is 3.80. The van der Waals surface area contributed by atoms with E-state index in [1.165, 1.54) is 4.90 Å². The Bertz CT molecular complexity index is 1220. The number of carbonyl (C=O) groups excluding carboxylic acids is 2. The van der Waals surface area contributed by atoms with E-state index in [4.69, 9.17) is 0 Å². The molecule has 1 aromatic heterocycles. The molecular weight excluding hydrogens is 421 g/mol. The molecule has 2 aliphatic rings. The zero-order valence-corrected chi connectivity index (χ0v) is 16.9. The standard InChI is InChI=1S/C23H19F3N4O2/c24-23(25,26)22-28-18-7-4-15(11-17(18)21(29-22)27-16-5-6-16)14-3-1-2-13(10-14)12-30-19(31)8-9-20(30)32/h1-4,7,10-11,16H,5-6,8-9,12H2,(H,27,28,29). The number of anilines is 1. The average molecular weight is 440 g/mol. The number of nitrogens with zero attached hydrogens (tertiary/aromatic N) is 3. The summed E-state index contributed by atoms with van der Waals surface area (Å²) < 4.78 is 39.8. The van der Waals surface area contributed by atoms with Gasteiger partial charge in [0.05, 0.1) is 12.1 Å². The van der Waals surface area contributed by atoms with Gasteiger partial charge in [0, 0.05) is 24.3 Å². The average Bonchev–Trinajstić information content (AvgIpc) is 3.53. The number of halogens is 3. The Kier molecular flexibility index (Phi) is 4.83. The van der Waals surface area contributed by atoms with E-state index in [1.807, 2.05) is 24.3 Å². The fourth-order valence-electron chi connectivity index (χ4n) is 3.80. The Labute approximate surface area is 181 Å². The van der Waals surface area contributed by atoms with Gasteiger partial charge in [-0.15, -0.1) is 0 Å². The smallest absolute Gasteiger partial charge is 0.367 e. The molecule has 0 radical (unpaired) electrons. The Morgan fingerprint density at radius 2 is 1.69 bits per heavy atom. The van der Waals surface area contributed by atoms with Gasteiger partial charge >= 0.3 is 6.18 Å². The van der Waals surface area contributed by atoms with Gasteiger partial charge < -0.3 is 5.32 Å². The van der Waals surface area contributed by atoms with Crippen molar-refractivity contribution in [2.75, 3.05) is 5.32 Å². The van der Waals surface area contributed by atoms with Crippen LogP contribution in [0.1, 0.15) is 37.1 Å². The van der Waals surface area contributed by atoms with Crippen molar-refractivity contribution in [3.63, 3.8) is 0 Å². The Morgan fingerprint density at radius 1 is 0.969 bits per heavy atom. The van der Waals surface area contributed by atoms with E-state index in [0.29, 0.717) is 5.39 Å². The minimum Gasteiger partial charge on any atom is -0.367 e. The van der Waals surface area contributed by atoms with Gasteiger partial charge in [0.2, 0.25) is 17.6 Å². The maximum absolute atomic E-state index is 13.3. The summed E-state index contributed by atoms with van der Waals surface area (Å²) in [5.41, 5.74) is 2.61. The molecule has 1 aliphatic heterocycles. The number of nitrogens with one attached hydrogen (secondary N) is 1. The normalized spacial score (nSPS) is 16.8. The van der Waals surface area contributed by atoms with Crippen LogP contribution in [0, 0.1) is 0 Å². The maximum Gasteiger partial charge on any atom is 0.451 e. The number of hydrogen-bond donors (Lipinski definition) is 1. The van der Waals surface area contributed by atoms with Gasteiger partial charge in [0.1, 0.15) is 5.82 Å². The third kappa shape index (κ3) is 4.02. The second-order valence-electron chi connectivity index (χ2n) is 8.12. The molecule has 0 spiro atoms. The number of fused-ring (bicyclic) bond motifs is 1. The van der Waals surface area contributed by atoms with Crippen molar-refractivity contribution >= 4 is 28.5 Å². The van der Waals surface area contributed by atoms with Crippen LogP contribution in [0.4, 0.5) is 19.0 Å². The van der Waals surface area contributed by atoms with Crippen LogP contribution in [-0.4, -0.2) is 32.7 Å². The first-order valence-corrected chi connectivity index (χ1v) is 10.4. The number of likely N-dealkylation sites (tertiary alicyclic amines) is 1. The quantitative estimate of drug-likeness (QED) is 0.590. The molecule has 5 rings (SSSR count). The van der Waals surface area contributed by atoms with Crippen LogP contribution >= 0.6 is 0 Å². The van der Waals surface area contributed by atoms with Crippen molar-refractivity contribution in [1.82, 2.24) is 14.9 Å². The minimum absolute atomic E-state index is 0.122. The topological polar surface area (TPSA) is 75.2 Å². The predicted octanol–water partition coefficient (Wildman–Crippen LogP) is 4.54. The lowest BCUT2D eigenvalue weighted by Gasteiger charge is -2.15. The van der Waals surface area contributed by atoms with Gasteiger partial charge in [0.25, 0.3) is 0 Å². The first kappa shape index (κ1) is 20.4. The van der Waals surface area contributed by atoms with Crippen molar-refractivity contribution in [2.45, 2.75) is 44.4 Å². The fraction of sp³-hybridized carbons (Fsp3) is 0.304. The van der Waals surface area contributed by atoms with Gasteiger partial charge in [-0.3, -0.25) is 14.5 Å². The van der Waals surface area contributed by atoms with Gasteiger partial charge in [-0.25, -0.2) is 9.97 Å². The minimum atomic E-state index is -4.63. The van der Waals surface area contributed by atoms with Crippen LogP contribution in [0.2, 0.25) is 0 Å². The lowest BCUT2D eigenvalue weighted by molar-refractivity contribution is -0.144. The van der Waals surface area contributed by atoms with E-state index in [9.17, 15) is 22.8 Å². The van der Waals surface area contributed by atoms with Gasteiger partial charge in [-0.2, -0.15) is 13.2 Å². The Balaban J connectivity index is 1.52. The lowest BCUT2D eigenvalue weighted by Crippen LogP contribution is -2.28. The number of imide groups is 1. The SMILES string of the molecule is O=C1CCC(=O)N1Cc1cccc(-c2ccc3nc(C(F)(F)F)nc(NC4CC4)c3c2)c1. The first-order chi connectivity index (χ1) is 15.3. The van der Waals surface area contributed by atoms with E-state index in [0.717, 1.165) is 29.5 Å². The molecule has 32 heavy (non-hydrogen) atoms. The van der Waals surface area contributed by atoms with Gasteiger partial charge in [0.15, 0.2) is 0 Å². The van der Waals surface area contributed by atoms with E-state index in [2.05, 4.69) is 15.3 Å². The van der Waals surface area contributed by atoms with Gasteiger partial charge in [-0.1, -0.05) is 24.3 Å². The van der Waals surface area contributed by atoms with Crippen LogP contribution in [0.3, 0.4) is 0 Å². The summed E-state index contributed by atoms with van der Waals surface area (Å²) in [6.07, 6.45) is -2.38. The number of amides is 2. The summed E-state index contributed by atoms with van der Waals surface area (Å²) in [7, 11) is 0. The predicted molar refractivity (Wildman–Crippen MR) is 111 cm³/mol. The van der Waals surface area contributed by atoms with Crippen molar-refractivity contribution in [3.05, 3.63) is 53.9 Å². The highest BCUT2D eigenvalue weighted by atomic mass is 19.4. The zero-order valence-electron chi connectivity index (χ0n) is 16.9. The summed E-state index contributed by atoms with van der Waals surface area (Å²) >= 11 is 0. The summed E-state index contributed by atoms with van der Waals surface area (Å²) in [6.45, 7) is 0.200. The second-order valence-corrected chi connectivity index (χ2v) is 8.12. The number of carbonyl (C=O) groups is 2. The van der Waals surface area contributed by atoms with Crippen LogP contribution < -0.4 is 5.32 Å². The molecule has 2 amide bonds. The van der Waals surface area contributed by atoms with Gasteiger partial charge in [-0.05, 0) is 47.7 Å². The molecule has 164 valence electrons. The first-order valence-electron chi connectivity index (χ1n) is 10.4. The monoisotopic (exact) mass is 440 g/mol. The van der Waals surface area contributed by atoms with E-state index < -0.39 is 12.0 Å². The lowest BCUT2D eigenvalue weighted by atomic mass is 10.0. The number of hydrogen-bond acceptors (Lipinski definition) is 5. The summed E-state index contributed by atoms with van der Waals surface area (Å²) in [5, 5.41) is 3.60. The largest absolute Gasteiger partial charge is 0.451 e. The Hall–Kier alpha value is -3.49. The molecule has 0 atom stereocenters. The van der Waals surface area contributed by atoms with Crippen LogP contribution in [-0.2, 0) is 22.3 Å². The maximum atomic E-state index is 13.3. The molecule has 0 unspecified atom stereocenters. The molecule has 6 nitrogen and oxygen atoms in total. The number of alkyl halides is 3. The third-order valence-corrected chi connectivity index (χ3v) is 5.62. The van der Waals surface area contributed by atoms with Crippen molar-refractivity contribution in [2.24, 2.45) is 0 Å². The molecule has 1 saturated carbocycles. The molecule has 0 bridgehead atoms. The highest BCUT2D eigenvalue weighted by Crippen LogP contribution is 2.35. The Morgan fingerprint density at radius 3 is 2.38 bits per heavy atom. The number of rotatable bonds is 5. The van der Waals surface area contributed by atoms with E-state index in [1.54, 1.807) is 18.2 Å². The molecule has 2 fully saturated rings. The molecule has 3 aromatic rings.